The van der Waals surface area contributed by atoms with E-state index in [1.165, 1.54) is 17.3 Å². The minimum atomic E-state index is -1.29. The van der Waals surface area contributed by atoms with E-state index in [9.17, 15) is 4.55 Å². The molecule has 5 nitrogen and oxygen atoms in total. The smallest absolute Gasteiger partial charge is 0.464 e. The Kier molecular flexibility index (Phi) is 5.35. The van der Waals surface area contributed by atoms with Crippen molar-refractivity contribution in [3.8, 4) is 11.9 Å². The maximum Gasteiger partial charge on any atom is 0.464 e. The van der Waals surface area contributed by atoms with Crippen LogP contribution in [-0.2, 0) is 17.4 Å². The molecule has 17 heavy (non-hydrogen) atoms. The van der Waals surface area contributed by atoms with Gasteiger partial charge in [0, 0.05) is 12.6 Å². The second-order valence-electron chi connectivity index (χ2n) is 3.21. The highest BCUT2D eigenvalue weighted by Crippen LogP contribution is 2.22. The summed E-state index contributed by atoms with van der Waals surface area (Å²) in [5.41, 5.74) is 0.872. The third-order valence-corrected chi connectivity index (χ3v) is 3.28. The second kappa shape index (κ2) is 6.55. The number of ether oxygens (including phenoxy) is 1. The summed E-state index contributed by atoms with van der Waals surface area (Å²) in [6.45, 7) is 0.367. The Morgan fingerprint density at radius 2 is 2.41 bits per heavy atom. The van der Waals surface area contributed by atoms with E-state index in [0.717, 1.165) is 5.56 Å². The molecule has 0 fully saturated rings. The first-order chi connectivity index (χ1) is 8.08. The number of aromatic nitrogens is 1. The number of halogens is 1. The number of pyridine rings is 1. The van der Waals surface area contributed by atoms with Gasteiger partial charge in [0.15, 0.2) is 16.2 Å². The molecule has 0 saturated carbocycles. The van der Waals surface area contributed by atoms with Crippen LogP contribution >= 0.6 is 11.6 Å². The van der Waals surface area contributed by atoms with Crippen LogP contribution in [0.3, 0.4) is 0 Å². The first kappa shape index (κ1) is 13.9. The van der Waals surface area contributed by atoms with Gasteiger partial charge in [0.2, 0.25) is 0 Å². The predicted octanol–water partition coefficient (Wildman–Crippen LogP) is 1.34. The summed E-state index contributed by atoms with van der Waals surface area (Å²) >= 11 is 5.79. The lowest BCUT2D eigenvalue weighted by molar-refractivity contribution is -0.414. The Labute approximate surface area is 108 Å². The highest BCUT2D eigenvalue weighted by Gasteiger charge is 2.06. The maximum atomic E-state index is 11.1. The zero-order valence-corrected chi connectivity index (χ0v) is 11.1. The zero-order chi connectivity index (χ0) is 12.8. The van der Waals surface area contributed by atoms with Gasteiger partial charge < -0.3 is 9.29 Å². The van der Waals surface area contributed by atoms with Crippen LogP contribution in [0.4, 0.5) is 0 Å². The third kappa shape index (κ3) is 3.97. The summed E-state index contributed by atoms with van der Waals surface area (Å²) < 4.78 is 17.4. The molecule has 1 aromatic rings. The molecule has 0 radical (unpaired) electrons. The predicted molar refractivity (Wildman–Crippen MR) is 64.3 cm³/mol. The molecule has 0 amide bonds. The second-order valence-corrected chi connectivity index (χ2v) is 4.86. The Morgan fingerprint density at radius 3 is 2.94 bits per heavy atom. The van der Waals surface area contributed by atoms with Crippen LogP contribution in [0, 0.1) is 11.5 Å². The summed E-state index contributed by atoms with van der Waals surface area (Å²) in [4.78, 5) is 3.96. The minimum absolute atomic E-state index is 0.299. The molecule has 0 aliphatic heterocycles. The molecule has 92 valence electrons. The number of methoxy groups -OCH3 is 1. The summed E-state index contributed by atoms with van der Waals surface area (Å²) in [5, 5.41) is 9.04. The molecule has 1 unspecified atom stereocenters. The molecule has 1 rings (SSSR count). The Hall–Kier alpha value is -1.16. The van der Waals surface area contributed by atoms with E-state index in [1.54, 1.807) is 12.3 Å². The largest absolute Gasteiger partial charge is 0.772 e. The normalized spacial score (nSPS) is 12.8. The van der Waals surface area contributed by atoms with Crippen LogP contribution in [-0.4, -0.2) is 33.4 Å². The van der Waals surface area contributed by atoms with E-state index in [2.05, 4.69) is 4.98 Å². The molecular formula is C10H12ClN3O2S. The molecule has 1 atom stereocenters. The topological polar surface area (TPSA) is 72.0 Å². The van der Waals surface area contributed by atoms with E-state index in [4.69, 9.17) is 21.6 Å². The first-order valence-electron chi connectivity index (χ1n) is 4.77. The van der Waals surface area contributed by atoms with Crippen molar-refractivity contribution >= 4 is 22.6 Å². The Morgan fingerprint density at radius 1 is 1.71 bits per heavy atom. The van der Waals surface area contributed by atoms with Crippen molar-refractivity contribution in [2.45, 2.75) is 6.42 Å². The van der Waals surface area contributed by atoms with Gasteiger partial charge in [0.05, 0.1) is 7.11 Å². The van der Waals surface area contributed by atoms with Crippen LogP contribution in [0.1, 0.15) is 5.56 Å². The third-order valence-electron chi connectivity index (χ3n) is 2.11. The quantitative estimate of drug-likeness (QED) is 0.359. The van der Waals surface area contributed by atoms with Gasteiger partial charge in [-0.2, -0.15) is 3.95 Å². The summed E-state index contributed by atoms with van der Waals surface area (Å²) in [7, 11) is 0.215. The van der Waals surface area contributed by atoms with Gasteiger partial charge in [0.25, 0.3) is 0 Å². The van der Waals surface area contributed by atoms with Gasteiger partial charge >= 0.3 is 6.19 Å². The van der Waals surface area contributed by atoms with Crippen molar-refractivity contribution in [1.82, 2.24) is 4.98 Å². The van der Waals surface area contributed by atoms with Crippen molar-refractivity contribution in [3.05, 3.63) is 23.0 Å². The van der Waals surface area contributed by atoms with Gasteiger partial charge in [-0.25, -0.2) is 4.98 Å². The Balaban J connectivity index is 2.77. The molecule has 0 N–H and O–H groups in total. The van der Waals surface area contributed by atoms with Gasteiger partial charge in [0.1, 0.15) is 6.54 Å². The average Bonchev–Trinajstić information content (AvgIpc) is 2.31. The highest BCUT2D eigenvalue weighted by atomic mass is 35.5. The summed E-state index contributed by atoms with van der Waals surface area (Å²) in [5.74, 6) is 0.491. The minimum Gasteiger partial charge on any atom is -0.772 e. The SMILES string of the molecule is COc1cc(CC[N+](C#N)=S(C)[O-])cnc1Cl. The molecule has 0 aliphatic carbocycles. The standard InChI is InChI=1S/C10H12ClN3O2S/c1-16-9-5-8(6-13-10(9)11)3-4-14(7-12)17(2)15/h5-6H,3-4H2,1-2H3. The monoisotopic (exact) mass is 273 g/mol. The average molecular weight is 274 g/mol. The molecule has 0 aromatic carbocycles. The molecule has 0 bridgehead atoms. The van der Waals surface area contributed by atoms with Crippen molar-refractivity contribution in [3.63, 3.8) is 0 Å². The number of rotatable bonds is 4. The Bertz CT molecular complexity index is 481. The van der Waals surface area contributed by atoms with Gasteiger partial charge in [-0.05, 0) is 17.9 Å². The fraction of sp³-hybridized carbons (Fsp3) is 0.400. The molecule has 0 spiro atoms. The fourth-order valence-corrected chi connectivity index (χ4v) is 1.86. The van der Waals surface area contributed by atoms with E-state index in [0.29, 0.717) is 23.9 Å². The van der Waals surface area contributed by atoms with Crippen molar-refractivity contribution in [1.29, 1.82) is 5.26 Å². The molecule has 1 heterocycles. The number of nitrogens with zero attached hydrogens (tertiary/aromatic N) is 3. The van der Waals surface area contributed by atoms with Gasteiger partial charge in [-0.15, -0.1) is 11.0 Å². The van der Waals surface area contributed by atoms with Gasteiger partial charge in [-0.3, -0.25) is 0 Å². The lowest BCUT2D eigenvalue weighted by atomic mass is 10.2. The molecule has 7 heteroatoms. The molecule has 0 aliphatic rings. The van der Waals surface area contributed by atoms with Gasteiger partial charge in [-0.1, -0.05) is 11.6 Å². The fourth-order valence-electron chi connectivity index (χ4n) is 1.21. The van der Waals surface area contributed by atoms with E-state index >= 15 is 0 Å². The van der Waals surface area contributed by atoms with Crippen molar-refractivity contribution in [2.75, 3.05) is 19.9 Å². The number of hydrogen-bond donors (Lipinski definition) is 0. The van der Waals surface area contributed by atoms with E-state index < -0.39 is 11.0 Å². The van der Waals surface area contributed by atoms with E-state index in [1.807, 2.05) is 6.19 Å². The van der Waals surface area contributed by atoms with Crippen molar-refractivity contribution < 1.29 is 13.2 Å². The maximum absolute atomic E-state index is 11.1. The summed E-state index contributed by atoms with van der Waals surface area (Å²) in [6, 6.07) is 1.75. The molecular weight excluding hydrogens is 262 g/mol. The number of hydrogen-bond acceptors (Lipinski definition) is 4. The first-order valence-corrected chi connectivity index (χ1v) is 6.67. The van der Waals surface area contributed by atoms with Crippen LogP contribution in [0.25, 0.3) is 0 Å². The van der Waals surface area contributed by atoms with Crippen LogP contribution in [0.2, 0.25) is 5.15 Å². The highest BCUT2D eigenvalue weighted by molar-refractivity contribution is 7.78. The lowest BCUT2D eigenvalue weighted by Gasteiger charge is -2.08. The van der Waals surface area contributed by atoms with E-state index in [-0.39, 0.29) is 0 Å². The van der Waals surface area contributed by atoms with Crippen LogP contribution in [0.5, 0.6) is 5.75 Å². The summed E-state index contributed by atoms with van der Waals surface area (Å²) in [6.07, 6.45) is 5.49. The number of nitriles is 1. The van der Waals surface area contributed by atoms with Crippen molar-refractivity contribution in [2.24, 2.45) is 0 Å². The van der Waals surface area contributed by atoms with Crippen LogP contribution in [0.15, 0.2) is 12.3 Å². The van der Waals surface area contributed by atoms with Crippen LogP contribution < -0.4 is 4.74 Å². The lowest BCUT2D eigenvalue weighted by Crippen LogP contribution is -2.13. The zero-order valence-electron chi connectivity index (χ0n) is 9.51. The molecule has 1 aromatic heterocycles. The molecule has 0 saturated heterocycles.